The standard InChI is InChI=1S/C15H20N6O/c1-2-20-9-18-12-13(16-8-17-14(12)20)19-11-5-6-21(7-11)15(22)10-3-4-10/h8-11H,2-7H2,1H3,(H,16,17,19). The van der Waals surface area contributed by atoms with Gasteiger partial charge in [-0.1, -0.05) is 0 Å². The molecule has 3 heterocycles. The summed E-state index contributed by atoms with van der Waals surface area (Å²) in [4.78, 5) is 27.2. The van der Waals surface area contributed by atoms with E-state index < -0.39 is 0 Å². The van der Waals surface area contributed by atoms with Crippen molar-refractivity contribution < 1.29 is 4.79 Å². The van der Waals surface area contributed by atoms with E-state index in [1.54, 1.807) is 12.7 Å². The topological polar surface area (TPSA) is 75.9 Å². The second-order valence-corrected chi connectivity index (χ2v) is 6.11. The normalized spacial score (nSPS) is 21.5. The molecule has 116 valence electrons. The summed E-state index contributed by atoms with van der Waals surface area (Å²) in [7, 11) is 0. The summed E-state index contributed by atoms with van der Waals surface area (Å²) in [5, 5.41) is 3.44. The molecule has 2 fully saturated rings. The van der Waals surface area contributed by atoms with Crippen LogP contribution in [0, 0.1) is 5.92 Å². The van der Waals surface area contributed by atoms with Crippen molar-refractivity contribution >= 4 is 22.9 Å². The molecule has 1 saturated carbocycles. The van der Waals surface area contributed by atoms with E-state index in [1.165, 1.54) is 0 Å². The van der Waals surface area contributed by atoms with Gasteiger partial charge in [0.2, 0.25) is 5.91 Å². The number of carbonyl (C=O) groups excluding carboxylic acids is 1. The zero-order chi connectivity index (χ0) is 15.1. The van der Waals surface area contributed by atoms with E-state index in [1.807, 2.05) is 9.47 Å². The number of hydrogen-bond acceptors (Lipinski definition) is 5. The van der Waals surface area contributed by atoms with Crippen molar-refractivity contribution in [2.75, 3.05) is 18.4 Å². The molecule has 1 saturated heterocycles. The van der Waals surface area contributed by atoms with Crippen molar-refractivity contribution in [2.45, 2.75) is 38.8 Å². The van der Waals surface area contributed by atoms with Gasteiger partial charge in [0.05, 0.1) is 6.33 Å². The zero-order valence-corrected chi connectivity index (χ0v) is 12.7. The van der Waals surface area contributed by atoms with Crippen molar-refractivity contribution in [1.29, 1.82) is 0 Å². The number of carbonyl (C=O) groups is 1. The highest BCUT2D eigenvalue weighted by atomic mass is 16.2. The van der Waals surface area contributed by atoms with Gasteiger partial charge < -0.3 is 14.8 Å². The molecule has 0 aromatic carbocycles. The molecule has 1 aliphatic heterocycles. The van der Waals surface area contributed by atoms with Gasteiger partial charge >= 0.3 is 0 Å². The third kappa shape index (κ3) is 2.30. The Morgan fingerprint density at radius 3 is 2.95 bits per heavy atom. The number of amides is 1. The third-order valence-corrected chi connectivity index (χ3v) is 4.51. The summed E-state index contributed by atoms with van der Waals surface area (Å²) < 4.78 is 2.00. The maximum absolute atomic E-state index is 12.1. The first kappa shape index (κ1) is 13.5. The fourth-order valence-electron chi connectivity index (χ4n) is 3.08. The molecule has 2 aromatic heterocycles. The number of likely N-dealkylation sites (tertiary alicyclic amines) is 1. The lowest BCUT2D eigenvalue weighted by atomic mass is 10.2. The fraction of sp³-hybridized carbons (Fsp3) is 0.600. The predicted octanol–water partition coefficient (Wildman–Crippen LogP) is 1.27. The smallest absolute Gasteiger partial charge is 0.225 e. The average molecular weight is 300 g/mol. The molecular formula is C15H20N6O. The highest BCUT2D eigenvalue weighted by Crippen LogP contribution is 2.32. The number of imidazole rings is 1. The molecule has 0 bridgehead atoms. The first-order chi connectivity index (χ1) is 10.8. The van der Waals surface area contributed by atoms with E-state index in [9.17, 15) is 4.79 Å². The van der Waals surface area contributed by atoms with E-state index in [4.69, 9.17) is 0 Å². The van der Waals surface area contributed by atoms with Crippen molar-refractivity contribution in [1.82, 2.24) is 24.4 Å². The Morgan fingerprint density at radius 1 is 1.32 bits per heavy atom. The van der Waals surface area contributed by atoms with E-state index in [0.717, 1.165) is 55.9 Å². The van der Waals surface area contributed by atoms with Gasteiger partial charge in [-0.2, -0.15) is 0 Å². The van der Waals surface area contributed by atoms with Crippen molar-refractivity contribution in [3.05, 3.63) is 12.7 Å². The molecule has 1 N–H and O–H groups in total. The molecule has 7 nitrogen and oxygen atoms in total. The number of rotatable bonds is 4. The predicted molar refractivity (Wildman–Crippen MR) is 82.3 cm³/mol. The number of nitrogens with one attached hydrogen (secondary N) is 1. The van der Waals surface area contributed by atoms with Crippen LogP contribution in [0.25, 0.3) is 11.2 Å². The summed E-state index contributed by atoms with van der Waals surface area (Å²) in [6.45, 7) is 4.49. The SMILES string of the molecule is CCn1cnc2c(NC3CCN(C(=O)C4CC4)C3)ncnc21. The van der Waals surface area contributed by atoms with Crippen LogP contribution in [-0.2, 0) is 11.3 Å². The summed E-state index contributed by atoms with van der Waals surface area (Å²) >= 11 is 0. The summed E-state index contributed by atoms with van der Waals surface area (Å²) in [5.41, 5.74) is 1.65. The van der Waals surface area contributed by atoms with Crippen molar-refractivity contribution in [3.63, 3.8) is 0 Å². The second kappa shape index (κ2) is 5.23. The highest BCUT2D eigenvalue weighted by Gasteiger charge is 2.36. The van der Waals surface area contributed by atoms with Gasteiger partial charge in [-0.05, 0) is 26.2 Å². The number of aryl methyl sites for hydroxylation is 1. The number of fused-ring (bicyclic) bond motifs is 1. The Hall–Kier alpha value is -2.18. The van der Waals surface area contributed by atoms with Gasteiger partial charge in [-0.3, -0.25) is 4.79 Å². The van der Waals surface area contributed by atoms with Gasteiger partial charge in [-0.25, -0.2) is 15.0 Å². The monoisotopic (exact) mass is 300 g/mol. The van der Waals surface area contributed by atoms with Crippen LogP contribution in [0.15, 0.2) is 12.7 Å². The number of nitrogens with zero attached hydrogens (tertiary/aromatic N) is 5. The van der Waals surface area contributed by atoms with Gasteiger partial charge in [-0.15, -0.1) is 0 Å². The maximum Gasteiger partial charge on any atom is 0.225 e. The summed E-state index contributed by atoms with van der Waals surface area (Å²) in [6.07, 6.45) is 6.45. The molecule has 22 heavy (non-hydrogen) atoms. The maximum atomic E-state index is 12.1. The van der Waals surface area contributed by atoms with Crippen LogP contribution in [-0.4, -0.2) is 49.5 Å². The van der Waals surface area contributed by atoms with Crippen LogP contribution in [0.1, 0.15) is 26.2 Å². The summed E-state index contributed by atoms with van der Waals surface area (Å²) in [5.74, 6) is 1.39. The summed E-state index contributed by atoms with van der Waals surface area (Å²) in [6, 6.07) is 0.243. The van der Waals surface area contributed by atoms with E-state index in [2.05, 4.69) is 27.2 Å². The first-order valence-electron chi connectivity index (χ1n) is 7.97. The molecule has 7 heteroatoms. The molecule has 1 atom stereocenters. The lowest BCUT2D eigenvalue weighted by Crippen LogP contribution is -2.32. The van der Waals surface area contributed by atoms with E-state index >= 15 is 0 Å². The Labute approximate surface area is 128 Å². The average Bonchev–Trinajstić information content (AvgIpc) is 3.13. The number of aromatic nitrogens is 4. The molecule has 2 aliphatic rings. The fourth-order valence-corrected chi connectivity index (χ4v) is 3.08. The van der Waals surface area contributed by atoms with Gasteiger partial charge in [0.25, 0.3) is 0 Å². The van der Waals surface area contributed by atoms with Gasteiger partial charge in [0.15, 0.2) is 11.5 Å². The van der Waals surface area contributed by atoms with Gasteiger partial charge in [0, 0.05) is 31.6 Å². The number of anilines is 1. The van der Waals surface area contributed by atoms with E-state index in [-0.39, 0.29) is 6.04 Å². The van der Waals surface area contributed by atoms with Crippen molar-refractivity contribution in [2.24, 2.45) is 5.92 Å². The van der Waals surface area contributed by atoms with Crippen LogP contribution in [0.2, 0.25) is 0 Å². The minimum absolute atomic E-state index is 0.243. The van der Waals surface area contributed by atoms with Gasteiger partial charge in [0.1, 0.15) is 11.8 Å². The van der Waals surface area contributed by atoms with Crippen LogP contribution < -0.4 is 5.32 Å². The minimum Gasteiger partial charge on any atom is -0.364 e. The quantitative estimate of drug-likeness (QED) is 0.920. The van der Waals surface area contributed by atoms with Crippen LogP contribution in [0.3, 0.4) is 0 Å². The van der Waals surface area contributed by atoms with Crippen LogP contribution in [0.4, 0.5) is 5.82 Å². The lowest BCUT2D eigenvalue weighted by molar-refractivity contribution is -0.131. The highest BCUT2D eigenvalue weighted by molar-refractivity contribution is 5.83. The largest absolute Gasteiger partial charge is 0.364 e. The molecule has 0 radical (unpaired) electrons. The molecule has 2 aromatic rings. The molecule has 1 amide bonds. The Bertz CT molecular complexity index is 707. The molecule has 1 unspecified atom stereocenters. The Morgan fingerprint density at radius 2 is 2.18 bits per heavy atom. The second-order valence-electron chi connectivity index (χ2n) is 6.11. The Balaban J connectivity index is 1.49. The third-order valence-electron chi connectivity index (χ3n) is 4.51. The lowest BCUT2D eigenvalue weighted by Gasteiger charge is -2.17. The van der Waals surface area contributed by atoms with Crippen LogP contribution in [0.5, 0.6) is 0 Å². The minimum atomic E-state index is 0.243. The molecule has 4 rings (SSSR count). The molecule has 0 spiro atoms. The zero-order valence-electron chi connectivity index (χ0n) is 12.7. The van der Waals surface area contributed by atoms with Crippen molar-refractivity contribution in [3.8, 4) is 0 Å². The van der Waals surface area contributed by atoms with Crippen LogP contribution >= 0.6 is 0 Å². The molecule has 1 aliphatic carbocycles. The number of hydrogen-bond donors (Lipinski definition) is 1. The van der Waals surface area contributed by atoms with E-state index in [0.29, 0.717) is 11.8 Å². The Kier molecular flexibility index (Phi) is 3.20. The first-order valence-corrected chi connectivity index (χ1v) is 7.97. The molecular weight excluding hydrogens is 280 g/mol.